The largest absolute Gasteiger partial charge is 0.479 e. The van der Waals surface area contributed by atoms with Crippen molar-refractivity contribution in [2.75, 3.05) is 20.3 Å². The van der Waals surface area contributed by atoms with Gasteiger partial charge in [0, 0.05) is 13.0 Å². The predicted molar refractivity (Wildman–Crippen MR) is 149 cm³/mol. The van der Waals surface area contributed by atoms with Gasteiger partial charge in [-0.05, 0) is 41.7 Å². The quantitative estimate of drug-likeness (QED) is 0.313. The van der Waals surface area contributed by atoms with Crippen LogP contribution in [-0.4, -0.2) is 61.1 Å². The monoisotopic (exact) mass is 546 g/mol. The first-order valence-electron chi connectivity index (χ1n) is 13.0. The summed E-state index contributed by atoms with van der Waals surface area (Å²) in [5.41, 5.74) is 3.47. The molecule has 9 nitrogen and oxygen atoms in total. The Labute approximate surface area is 233 Å². The minimum Gasteiger partial charge on any atom is -0.479 e. The van der Waals surface area contributed by atoms with E-state index in [4.69, 9.17) is 14.2 Å². The number of hydrogen-bond donors (Lipinski definition) is 3. The van der Waals surface area contributed by atoms with E-state index in [-0.39, 0.29) is 25.7 Å². The predicted octanol–water partition coefficient (Wildman–Crippen LogP) is 4.10. The lowest BCUT2D eigenvalue weighted by atomic mass is 9.98. The van der Waals surface area contributed by atoms with Gasteiger partial charge in [0.2, 0.25) is 5.91 Å². The fraction of sp³-hybridized carbons (Fsp3) is 0.323. The smallest absolute Gasteiger partial charge is 0.407 e. The van der Waals surface area contributed by atoms with Crippen LogP contribution in [0.15, 0.2) is 78.9 Å². The first kappa shape index (κ1) is 28.8. The molecular formula is C31H34N2O7. The van der Waals surface area contributed by atoms with Crippen molar-refractivity contribution in [1.29, 1.82) is 0 Å². The molecule has 3 aromatic carbocycles. The summed E-state index contributed by atoms with van der Waals surface area (Å²) in [7, 11) is 1.34. The minimum absolute atomic E-state index is 0.0595. The van der Waals surface area contributed by atoms with Crippen molar-refractivity contribution in [2.45, 2.75) is 44.1 Å². The van der Waals surface area contributed by atoms with E-state index in [1.807, 2.05) is 78.9 Å². The summed E-state index contributed by atoms with van der Waals surface area (Å²) in [5, 5.41) is 14.8. The number of nitrogens with one attached hydrogen (secondary N) is 2. The molecule has 2 amide bonds. The molecule has 0 saturated heterocycles. The Kier molecular flexibility index (Phi) is 9.19. The van der Waals surface area contributed by atoms with Gasteiger partial charge in [0.15, 0.2) is 5.54 Å². The molecule has 210 valence electrons. The third-order valence-corrected chi connectivity index (χ3v) is 7.03. The molecular weight excluding hydrogens is 512 g/mol. The average Bonchev–Trinajstić information content (AvgIpc) is 3.27. The zero-order chi connectivity index (χ0) is 28.7. The van der Waals surface area contributed by atoms with Crippen molar-refractivity contribution in [2.24, 2.45) is 0 Å². The summed E-state index contributed by atoms with van der Waals surface area (Å²) in [6, 6.07) is 24.1. The van der Waals surface area contributed by atoms with Crippen molar-refractivity contribution in [3.8, 4) is 11.1 Å². The number of carbonyl (C=O) groups excluding carboxylic acids is 2. The van der Waals surface area contributed by atoms with Gasteiger partial charge in [-0.1, -0.05) is 78.9 Å². The van der Waals surface area contributed by atoms with Gasteiger partial charge >= 0.3 is 12.1 Å². The van der Waals surface area contributed by atoms with Crippen molar-refractivity contribution in [3.63, 3.8) is 0 Å². The molecule has 1 aliphatic rings. The number of amides is 2. The Morgan fingerprint density at radius 2 is 1.50 bits per heavy atom. The lowest BCUT2D eigenvalue weighted by molar-refractivity contribution is -0.150. The molecule has 40 heavy (non-hydrogen) atoms. The molecule has 0 aliphatic heterocycles. The summed E-state index contributed by atoms with van der Waals surface area (Å²) in [5.74, 6) is -2.18. The fourth-order valence-corrected chi connectivity index (χ4v) is 4.85. The molecule has 0 bridgehead atoms. The summed E-state index contributed by atoms with van der Waals surface area (Å²) < 4.78 is 16.5. The van der Waals surface area contributed by atoms with Crippen LogP contribution in [0.5, 0.6) is 0 Å². The van der Waals surface area contributed by atoms with Crippen LogP contribution in [0.4, 0.5) is 4.79 Å². The number of carboxylic acids is 1. The van der Waals surface area contributed by atoms with Crippen LogP contribution < -0.4 is 10.6 Å². The van der Waals surface area contributed by atoms with Crippen LogP contribution in [0.25, 0.3) is 11.1 Å². The molecule has 3 N–H and O–H groups in total. The number of fused-ring (bicyclic) bond motifs is 3. The minimum atomic E-state index is -1.72. The molecule has 0 fully saturated rings. The van der Waals surface area contributed by atoms with E-state index in [0.717, 1.165) is 27.8 Å². The van der Waals surface area contributed by atoms with Crippen LogP contribution in [0.2, 0.25) is 0 Å². The second-order valence-corrected chi connectivity index (χ2v) is 10.0. The molecule has 0 heterocycles. The van der Waals surface area contributed by atoms with Crippen molar-refractivity contribution < 1.29 is 33.7 Å². The van der Waals surface area contributed by atoms with Crippen LogP contribution in [0.1, 0.15) is 36.5 Å². The first-order chi connectivity index (χ1) is 19.2. The Morgan fingerprint density at radius 3 is 2.08 bits per heavy atom. The summed E-state index contributed by atoms with van der Waals surface area (Å²) in [4.78, 5) is 38.3. The number of carbonyl (C=O) groups is 3. The van der Waals surface area contributed by atoms with Crippen LogP contribution in [-0.2, 0) is 30.4 Å². The first-order valence-corrected chi connectivity index (χ1v) is 13.0. The zero-order valence-corrected chi connectivity index (χ0v) is 22.8. The topological polar surface area (TPSA) is 123 Å². The van der Waals surface area contributed by atoms with E-state index < -0.39 is 35.7 Å². The van der Waals surface area contributed by atoms with E-state index in [0.29, 0.717) is 0 Å². The molecule has 3 aromatic rings. The molecule has 3 atom stereocenters. The summed E-state index contributed by atoms with van der Waals surface area (Å²) in [6.07, 6.45) is -1.64. The van der Waals surface area contributed by atoms with Crippen LogP contribution in [0, 0.1) is 0 Å². The number of hydrogen-bond acceptors (Lipinski definition) is 6. The van der Waals surface area contributed by atoms with Gasteiger partial charge in [0.25, 0.3) is 0 Å². The second kappa shape index (κ2) is 12.8. The normalized spacial score (nSPS) is 15.2. The number of alkyl carbamates (subject to hydrolysis) is 1. The van der Waals surface area contributed by atoms with E-state index in [1.54, 1.807) is 6.92 Å². The number of aliphatic carboxylic acids is 1. The molecule has 0 saturated carbocycles. The third kappa shape index (κ3) is 6.50. The van der Waals surface area contributed by atoms with Crippen LogP contribution in [0.3, 0.4) is 0 Å². The lowest BCUT2D eigenvalue weighted by Crippen LogP contribution is -2.62. The molecule has 3 unspecified atom stereocenters. The maximum absolute atomic E-state index is 13.3. The maximum atomic E-state index is 13.3. The molecule has 1 aliphatic carbocycles. The highest BCUT2D eigenvalue weighted by molar-refractivity contribution is 5.91. The Balaban J connectivity index is 1.48. The molecule has 0 aromatic heterocycles. The lowest BCUT2D eigenvalue weighted by Gasteiger charge is -2.30. The highest BCUT2D eigenvalue weighted by atomic mass is 16.5. The zero-order valence-electron chi connectivity index (χ0n) is 22.8. The summed E-state index contributed by atoms with van der Waals surface area (Å²) >= 11 is 0. The van der Waals surface area contributed by atoms with Crippen molar-refractivity contribution in [1.82, 2.24) is 10.6 Å². The van der Waals surface area contributed by atoms with Gasteiger partial charge in [-0.25, -0.2) is 9.59 Å². The van der Waals surface area contributed by atoms with Gasteiger partial charge in [-0.3, -0.25) is 4.79 Å². The van der Waals surface area contributed by atoms with Crippen molar-refractivity contribution in [3.05, 3.63) is 95.6 Å². The average molecular weight is 547 g/mol. The van der Waals surface area contributed by atoms with E-state index in [9.17, 15) is 19.5 Å². The van der Waals surface area contributed by atoms with E-state index in [2.05, 4.69) is 10.6 Å². The Bertz CT molecular complexity index is 1300. The number of ether oxygens (including phenoxy) is 3. The summed E-state index contributed by atoms with van der Waals surface area (Å²) in [6.45, 7) is 2.93. The van der Waals surface area contributed by atoms with Crippen molar-refractivity contribution >= 4 is 18.0 Å². The van der Waals surface area contributed by atoms with Gasteiger partial charge in [0.1, 0.15) is 12.6 Å². The number of carboxylic acid groups (broad SMARTS) is 1. The standard InChI is InChI=1S/C31H34N2O7/c1-20(39-17-21-11-5-4-6-12-21)27(28(34)33-31(2,19-38-3)29(35)36)32-30(37)40-18-26-24-15-9-7-13-22(24)23-14-8-10-16-25(23)26/h4-16,20,26-27H,17-19H2,1-3H3,(H,32,37)(H,33,34)(H,35,36). The molecule has 9 heteroatoms. The molecule has 4 rings (SSSR count). The number of benzene rings is 3. The molecule has 0 spiro atoms. The van der Waals surface area contributed by atoms with Gasteiger partial charge < -0.3 is 30.0 Å². The second-order valence-electron chi connectivity index (χ2n) is 10.0. The van der Waals surface area contributed by atoms with Gasteiger partial charge in [-0.15, -0.1) is 0 Å². The van der Waals surface area contributed by atoms with E-state index in [1.165, 1.54) is 14.0 Å². The highest BCUT2D eigenvalue weighted by Gasteiger charge is 2.39. The Hall–Kier alpha value is -4.21. The fourth-order valence-electron chi connectivity index (χ4n) is 4.85. The van der Waals surface area contributed by atoms with E-state index >= 15 is 0 Å². The Morgan fingerprint density at radius 1 is 0.925 bits per heavy atom. The molecule has 0 radical (unpaired) electrons. The maximum Gasteiger partial charge on any atom is 0.407 e. The van der Waals surface area contributed by atoms with Crippen LogP contribution >= 0.6 is 0 Å². The number of rotatable bonds is 12. The van der Waals surface area contributed by atoms with Gasteiger partial charge in [-0.2, -0.15) is 0 Å². The SMILES string of the molecule is COCC(C)(NC(=O)C(NC(=O)OCC1c2ccccc2-c2ccccc21)C(C)OCc1ccccc1)C(=O)O. The van der Waals surface area contributed by atoms with Gasteiger partial charge in [0.05, 0.1) is 19.3 Å². The third-order valence-electron chi connectivity index (χ3n) is 7.03. The highest BCUT2D eigenvalue weighted by Crippen LogP contribution is 2.44. The number of methoxy groups -OCH3 is 1.